The van der Waals surface area contributed by atoms with Gasteiger partial charge in [-0.25, -0.2) is 0 Å². The van der Waals surface area contributed by atoms with E-state index in [0.29, 0.717) is 5.92 Å². The average Bonchev–Trinajstić information content (AvgIpc) is 2.27. The van der Waals surface area contributed by atoms with Crippen molar-refractivity contribution in [3.05, 3.63) is 22.2 Å². The second-order valence-electron chi connectivity index (χ2n) is 4.34. The Labute approximate surface area is 124 Å². The number of halogens is 2. The van der Waals surface area contributed by atoms with Gasteiger partial charge in [0.2, 0.25) is 0 Å². The Hall–Kier alpha value is -0.450. The van der Waals surface area contributed by atoms with E-state index in [2.05, 4.69) is 41.2 Å². The lowest BCUT2D eigenvalue weighted by Crippen LogP contribution is -2.19. The molecule has 104 valence electrons. The SMILES string of the molecule is COc1cc(CNCC(C)C)cc(Br)c1OC.Cl. The van der Waals surface area contributed by atoms with Gasteiger partial charge in [-0.05, 0) is 46.1 Å². The van der Waals surface area contributed by atoms with Gasteiger partial charge in [0.25, 0.3) is 0 Å². The third-order valence-electron chi connectivity index (χ3n) is 2.38. The van der Waals surface area contributed by atoms with Crippen LogP contribution in [-0.4, -0.2) is 20.8 Å². The first-order valence-electron chi connectivity index (χ1n) is 5.69. The topological polar surface area (TPSA) is 30.5 Å². The first-order chi connectivity index (χ1) is 8.08. The van der Waals surface area contributed by atoms with Crippen LogP contribution in [-0.2, 0) is 6.54 Å². The molecular weight excluding hydrogens is 318 g/mol. The van der Waals surface area contributed by atoms with Crippen molar-refractivity contribution in [3.8, 4) is 11.5 Å². The molecule has 18 heavy (non-hydrogen) atoms. The van der Waals surface area contributed by atoms with E-state index in [1.54, 1.807) is 14.2 Å². The highest BCUT2D eigenvalue weighted by Crippen LogP contribution is 2.36. The van der Waals surface area contributed by atoms with Crippen molar-refractivity contribution in [1.29, 1.82) is 0 Å². The molecule has 0 aliphatic rings. The third-order valence-corrected chi connectivity index (χ3v) is 2.96. The van der Waals surface area contributed by atoms with Gasteiger partial charge in [-0.2, -0.15) is 0 Å². The molecule has 0 aromatic heterocycles. The molecule has 1 aromatic rings. The van der Waals surface area contributed by atoms with E-state index < -0.39 is 0 Å². The Morgan fingerprint density at radius 1 is 1.22 bits per heavy atom. The van der Waals surface area contributed by atoms with Crippen molar-refractivity contribution in [3.63, 3.8) is 0 Å². The predicted octanol–water partition coefficient (Wildman–Crippen LogP) is 3.63. The molecule has 0 fully saturated rings. The lowest BCUT2D eigenvalue weighted by Gasteiger charge is -2.13. The minimum Gasteiger partial charge on any atom is -0.493 e. The quantitative estimate of drug-likeness (QED) is 0.859. The van der Waals surface area contributed by atoms with E-state index in [1.807, 2.05) is 6.07 Å². The first-order valence-corrected chi connectivity index (χ1v) is 6.49. The van der Waals surface area contributed by atoms with Crippen molar-refractivity contribution in [2.45, 2.75) is 20.4 Å². The molecular formula is C13H21BrClNO2. The summed E-state index contributed by atoms with van der Waals surface area (Å²) in [5.41, 5.74) is 1.18. The van der Waals surface area contributed by atoms with Crippen LogP contribution < -0.4 is 14.8 Å². The van der Waals surface area contributed by atoms with Crippen LogP contribution in [0.4, 0.5) is 0 Å². The molecule has 0 heterocycles. The zero-order valence-corrected chi connectivity index (χ0v) is 13.7. The molecule has 0 aliphatic heterocycles. The number of nitrogens with one attached hydrogen (secondary N) is 1. The van der Waals surface area contributed by atoms with Crippen LogP contribution in [0.3, 0.4) is 0 Å². The summed E-state index contributed by atoms with van der Waals surface area (Å²) >= 11 is 3.49. The fraction of sp³-hybridized carbons (Fsp3) is 0.538. The maximum absolute atomic E-state index is 5.30. The molecule has 0 aliphatic carbocycles. The van der Waals surface area contributed by atoms with Gasteiger partial charge in [-0.15, -0.1) is 12.4 Å². The van der Waals surface area contributed by atoms with E-state index in [0.717, 1.165) is 29.1 Å². The fourth-order valence-corrected chi connectivity index (χ4v) is 2.23. The molecule has 0 saturated carbocycles. The van der Waals surface area contributed by atoms with E-state index in [1.165, 1.54) is 5.56 Å². The molecule has 0 spiro atoms. The number of rotatable bonds is 6. The average molecular weight is 339 g/mol. The van der Waals surface area contributed by atoms with Crippen molar-refractivity contribution in [2.75, 3.05) is 20.8 Å². The van der Waals surface area contributed by atoms with Crippen LogP contribution in [0.5, 0.6) is 11.5 Å². The van der Waals surface area contributed by atoms with Gasteiger partial charge >= 0.3 is 0 Å². The highest BCUT2D eigenvalue weighted by molar-refractivity contribution is 9.10. The van der Waals surface area contributed by atoms with Gasteiger partial charge < -0.3 is 14.8 Å². The number of methoxy groups -OCH3 is 2. The fourth-order valence-electron chi connectivity index (χ4n) is 1.58. The number of hydrogen-bond acceptors (Lipinski definition) is 3. The molecule has 0 amide bonds. The Morgan fingerprint density at radius 3 is 2.39 bits per heavy atom. The van der Waals surface area contributed by atoms with Gasteiger partial charge in [0.1, 0.15) is 0 Å². The highest BCUT2D eigenvalue weighted by atomic mass is 79.9. The van der Waals surface area contributed by atoms with Crippen molar-refractivity contribution in [2.24, 2.45) is 5.92 Å². The summed E-state index contributed by atoms with van der Waals surface area (Å²) in [6.45, 7) is 6.22. The lowest BCUT2D eigenvalue weighted by atomic mass is 10.2. The summed E-state index contributed by atoms with van der Waals surface area (Å²) in [6, 6.07) is 4.05. The van der Waals surface area contributed by atoms with Gasteiger partial charge in [-0.3, -0.25) is 0 Å². The Kier molecular flexibility index (Phi) is 8.40. The van der Waals surface area contributed by atoms with Crippen LogP contribution in [0, 0.1) is 5.92 Å². The van der Waals surface area contributed by atoms with E-state index in [-0.39, 0.29) is 12.4 Å². The van der Waals surface area contributed by atoms with Crippen molar-refractivity contribution in [1.82, 2.24) is 5.32 Å². The van der Waals surface area contributed by atoms with Gasteiger partial charge in [0, 0.05) is 6.54 Å². The summed E-state index contributed by atoms with van der Waals surface area (Å²) < 4.78 is 11.5. The third kappa shape index (κ3) is 5.04. The summed E-state index contributed by atoms with van der Waals surface area (Å²) in [6.07, 6.45) is 0. The summed E-state index contributed by atoms with van der Waals surface area (Å²) in [7, 11) is 3.29. The zero-order chi connectivity index (χ0) is 12.8. The summed E-state index contributed by atoms with van der Waals surface area (Å²) in [5.74, 6) is 2.14. The van der Waals surface area contributed by atoms with E-state index in [4.69, 9.17) is 9.47 Å². The van der Waals surface area contributed by atoms with Gasteiger partial charge in [-0.1, -0.05) is 13.8 Å². The lowest BCUT2D eigenvalue weighted by molar-refractivity contribution is 0.352. The second kappa shape index (κ2) is 8.62. The largest absolute Gasteiger partial charge is 0.493 e. The highest BCUT2D eigenvalue weighted by Gasteiger charge is 2.10. The van der Waals surface area contributed by atoms with E-state index in [9.17, 15) is 0 Å². The first kappa shape index (κ1) is 17.6. The standard InChI is InChI=1S/C13H20BrNO2.ClH/c1-9(2)7-15-8-10-5-11(14)13(17-4)12(6-10)16-3;/h5-6,9,15H,7-8H2,1-4H3;1H. The van der Waals surface area contributed by atoms with Crippen molar-refractivity contribution < 1.29 is 9.47 Å². The molecule has 0 unspecified atom stereocenters. The number of hydrogen-bond donors (Lipinski definition) is 1. The van der Waals surface area contributed by atoms with Crippen LogP contribution >= 0.6 is 28.3 Å². The predicted molar refractivity (Wildman–Crippen MR) is 81.0 cm³/mol. The van der Waals surface area contributed by atoms with Crippen LogP contribution in [0.1, 0.15) is 19.4 Å². The van der Waals surface area contributed by atoms with Crippen LogP contribution in [0.25, 0.3) is 0 Å². The molecule has 0 radical (unpaired) electrons. The number of benzene rings is 1. The molecule has 5 heteroatoms. The summed E-state index contributed by atoms with van der Waals surface area (Å²) in [5, 5.41) is 3.40. The van der Waals surface area contributed by atoms with Crippen LogP contribution in [0.2, 0.25) is 0 Å². The smallest absolute Gasteiger partial charge is 0.174 e. The normalized spacial score (nSPS) is 10.1. The van der Waals surface area contributed by atoms with Crippen LogP contribution in [0.15, 0.2) is 16.6 Å². The Morgan fingerprint density at radius 2 is 1.89 bits per heavy atom. The zero-order valence-electron chi connectivity index (χ0n) is 11.2. The maximum atomic E-state index is 5.30. The van der Waals surface area contributed by atoms with Gasteiger partial charge in [0.05, 0.1) is 18.7 Å². The molecule has 1 N–H and O–H groups in total. The van der Waals surface area contributed by atoms with Crippen molar-refractivity contribution >= 4 is 28.3 Å². The Balaban J connectivity index is 0.00000289. The summed E-state index contributed by atoms with van der Waals surface area (Å²) in [4.78, 5) is 0. The second-order valence-corrected chi connectivity index (χ2v) is 5.19. The maximum Gasteiger partial charge on any atom is 0.174 e. The van der Waals surface area contributed by atoms with Gasteiger partial charge in [0.15, 0.2) is 11.5 Å². The molecule has 0 atom stereocenters. The minimum absolute atomic E-state index is 0. The van der Waals surface area contributed by atoms with E-state index >= 15 is 0 Å². The molecule has 1 aromatic carbocycles. The minimum atomic E-state index is 0. The molecule has 1 rings (SSSR count). The monoisotopic (exact) mass is 337 g/mol. The molecule has 0 bridgehead atoms. The molecule has 3 nitrogen and oxygen atoms in total. The Bertz CT molecular complexity index is 372. The molecule has 0 saturated heterocycles. The number of ether oxygens (including phenoxy) is 2.